The van der Waals surface area contributed by atoms with Crippen molar-refractivity contribution in [2.75, 3.05) is 5.32 Å². The molecule has 1 aliphatic rings. The van der Waals surface area contributed by atoms with Crippen molar-refractivity contribution in [3.8, 4) is 0 Å². The van der Waals surface area contributed by atoms with E-state index in [-0.39, 0.29) is 9.22 Å². The Morgan fingerprint density at radius 2 is 2.14 bits per heavy atom. The Morgan fingerprint density at radius 3 is 2.86 bits per heavy atom. The van der Waals surface area contributed by atoms with E-state index in [9.17, 15) is 18.3 Å². The van der Waals surface area contributed by atoms with Crippen molar-refractivity contribution in [1.29, 1.82) is 0 Å². The van der Waals surface area contributed by atoms with Gasteiger partial charge in [0.25, 0.3) is 10.0 Å². The van der Waals surface area contributed by atoms with Crippen LogP contribution in [0.3, 0.4) is 0 Å². The molecular weight excluding hydrogens is 400 g/mol. The summed E-state index contributed by atoms with van der Waals surface area (Å²) in [6, 6.07) is 5.07. The third-order valence-corrected chi connectivity index (χ3v) is 7.72. The number of pyridine rings is 1. The van der Waals surface area contributed by atoms with Crippen molar-refractivity contribution in [2.45, 2.75) is 42.9 Å². The van der Waals surface area contributed by atoms with Crippen LogP contribution < -0.4 is 10.0 Å². The maximum atomic E-state index is 12.5. The largest absolute Gasteiger partial charge is 0.383 e. The van der Waals surface area contributed by atoms with Gasteiger partial charge in [0.05, 0.1) is 6.20 Å². The Morgan fingerprint density at radius 1 is 1.36 bits per heavy atom. The van der Waals surface area contributed by atoms with Gasteiger partial charge in [0.15, 0.2) is 4.21 Å². The number of sulfonamides is 1. The minimum absolute atomic E-state index is 0.135. The van der Waals surface area contributed by atoms with E-state index in [2.05, 4.69) is 16.4 Å². The molecule has 0 atom stereocenters. The zero-order valence-corrected chi connectivity index (χ0v) is 17.0. The van der Waals surface area contributed by atoms with Crippen molar-refractivity contribution in [1.82, 2.24) is 14.1 Å². The number of hydrogen-bond donors (Lipinski definition) is 3. The highest BCUT2D eigenvalue weighted by Crippen LogP contribution is 2.31. The molecule has 0 bridgehead atoms. The second kappa shape index (κ2) is 6.57. The van der Waals surface area contributed by atoms with E-state index in [1.807, 2.05) is 27.5 Å². The second-order valence-corrected chi connectivity index (χ2v) is 10.2. The van der Waals surface area contributed by atoms with Gasteiger partial charge in [-0.2, -0.15) is 0 Å². The number of rotatable bonds is 4. The Bertz CT molecular complexity index is 1170. The minimum Gasteiger partial charge on any atom is -0.383 e. The van der Waals surface area contributed by atoms with E-state index in [0.29, 0.717) is 5.82 Å². The second-order valence-electron chi connectivity index (χ2n) is 7.26. The molecule has 3 heterocycles. The molecule has 0 fully saturated rings. The fraction of sp³-hybridized carbons (Fsp3) is 0.333. The summed E-state index contributed by atoms with van der Waals surface area (Å²) in [4.78, 5) is 16.4. The maximum absolute atomic E-state index is 12.5. The SMILES string of the molecule is CC(C)(O)c1ncc(S(=O)(=O)NC(=O)Nc2c3c(cc4cccn24)CCC3)s1. The molecule has 3 aromatic rings. The van der Waals surface area contributed by atoms with Crippen molar-refractivity contribution >= 4 is 38.7 Å². The van der Waals surface area contributed by atoms with E-state index in [1.165, 1.54) is 19.4 Å². The number of amides is 2. The van der Waals surface area contributed by atoms with Gasteiger partial charge in [-0.15, -0.1) is 11.3 Å². The first-order valence-electron chi connectivity index (χ1n) is 8.79. The van der Waals surface area contributed by atoms with Gasteiger partial charge in [-0.1, -0.05) is 0 Å². The summed E-state index contributed by atoms with van der Waals surface area (Å²) >= 11 is 0.822. The van der Waals surface area contributed by atoms with Gasteiger partial charge < -0.3 is 9.51 Å². The third-order valence-electron chi connectivity index (χ3n) is 4.62. The number of nitrogens with one attached hydrogen (secondary N) is 2. The number of aromatic nitrogens is 2. The van der Waals surface area contributed by atoms with Gasteiger partial charge in [-0.3, -0.25) is 5.32 Å². The molecule has 0 unspecified atom stereocenters. The lowest BCUT2D eigenvalue weighted by atomic mass is 10.1. The number of fused-ring (bicyclic) bond motifs is 2. The molecule has 0 saturated heterocycles. The number of carbonyl (C=O) groups is 1. The first-order valence-corrected chi connectivity index (χ1v) is 11.1. The molecule has 28 heavy (non-hydrogen) atoms. The van der Waals surface area contributed by atoms with E-state index in [1.54, 1.807) is 0 Å². The lowest BCUT2D eigenvalue weighted by molar-refractivity contribution is 0.0783. The molecule has 4 rings (SSSR count). The smallest absolute Gasteiger partial charge is 0.334 e. The minimum atomic E-state index is -4.10. The normalized spacial score (nSPS) is 14.2. The van der Waals surface area contributed by atoms with E-state index >= 15 is 0 Å². The predicted molar refractivity (Wildman–Crippen MR) is 106 cm³/mol. The molecule has 0 aliphatic heterocycles. The van der Waals surface area contributed by atoms with Crippen LogP contribution in [0.2, 0.25) is 0 Å². The number of aliphatic hydroxyl groups is 1. The molecule has 0 saturated carbocycles. The molecule has 0 radical (unpaired) electrons. The molecule has 0 aromatic carbocycles. The zero-order chi connectivity index (χ0) is 20.1. The molecule has 10 heteroatoms. The van der Waals surface area contributed by atoms with E-state index in [0.717, 1.165) is 47.9 Å². The van der Waals surface area contributed by atoms with Crippen LogP contribution in [0.15, 0.2) is 34.8 Å². The maximum Gasteiger partial charge on any atom is 0.334 e. The van der Waals surface area contributed by atoms with Gasteiger partial charge in [0, 0.05) is 11.7 Å². The number of aryl methyl sites for hydroxylation is 1. The van der Waals surface area contributed by atoms with Crippen molar-refractivity contribution in [2.24, 2.45) is 0 Å². The Hall–Kier alpha value is -2.43. The monoisotopic (exact) mass is 420 g/mol. The summed E-state index contributed by atoms with van der Waals surface area (Å²) in [5, 5.41) is 12.9. The van der Waals surface area contributed by atoms with Crippen LogP contribution in [-0.4, -0.2) is 28.9 Å². The lowest BCUT2D eigenvalue weighted by Gasteiger charge is -2.14. The van der Waals surface area contributed by atoms with Crippen LogP contribution in [-0.2, 0) is 28.5 Å². The van der Waals surface area contributed by atoms with E-state index in [4.69, 9.17) is 0 Å². The summed E-state index contributed by atoms with van der Waals surface area (Å²) in [7, 11) is -4.10. The van der Waals surface area contributed by atoms with Crippen LogP contribution in [0, 0.1) is 0 Å². The zero-order valence-electron chi connectivity index (χ0n) is 15.4. The Balaban J connectivity index is 1.59. The average molecular weight is 421 g/mol. The summed E-state index contributed by atoms with van der Waals surface area (Å²) < 4.78 is 28.8. The first kappa shape index (κ1) is 18.9. The number of anilines is 1. The van der Waals surface area contributed by atoms with Crippen LogP contribution in [0.25, 0.3) is 5.52 Å². The quantitative estimate of drug-likeness (QED) is 0.601. The number of hydrogen-bond acceptors (Lipinski definition) is 6. The Labute approximate surface area is 166 Å². The van der Waals surface area contributed by atoms with Gasteiger partial charge in [-0.05, 0) is 62.4 Å². The summed E-state index contributed by atoms with van der Waals surface area (Å²) in [5.41, 5.74) is 1.88. The first-order chi connectivity index (χ1) is 13.1. The van der Waals surface area contributed by atoms with Gasteiger partial charge in [0.2, 0.25) is 0 Å². The van der Waals surface area contributed by atoms with Crippen molar-refractivity contribution < 1.29 is 18.3 Å². The third kappa shape index (κ3) is 3.38. The topological polar surface area (TPSA) is 113 Å². The number of urea groups is 1. The van der Waals surface area contributed by atoms with Crippen LogP contribution in [0.5, 0.6) is 0 Å². The summed E-state index contributed by atoms with van der Waals surface area (Å²) in [6.07, 6.45) is 5.73. The predicted octanol–water partition coefficient (Wildman–Crippen LogP) is 2.62. The molecule has 148 valence electrons. The highest BCUT2D eigenvalue weighted by Gasteiger charge is 2.27. The number of nitrogens with zero attached hydrogens (tertiary/aromatic N) is 2. The van der Waals surface area contributed by atoms with Gasteiger partial charge in [-0.25, -0.2) is 22.9 Å². The summed E-state index contributed by atoms with van der Waals surface area (Å²) in [6.45, 7) is 3.03. The number of thiazole rings is 1. The molecule has 3 aromatic heterocycles. The lowest BCUT2D eigenvalue weighted by Crippen LogP contribution is -2.34. The highest BCUT2D eigenvalue weighted by molar-refractivity contribution is 7.92. The molecule has 3 N–H and O–H groups in total. The molecule has 0 spiro atoms. The molecule has 1 aliphatic carbocycles. The van der Waals surface area contributed by atoms with Crippen LogP contribution >= 0.6 is 11.3 Å². The number of carbonyl (C=O) groups excluding carboxylic acids is 1. The van der Waals surface area contributed by atoms with Crippen molar-refractivity contribution in [3.05, 3.63) is 46.7 Å². The van der Waals surface area contributed by atoms with Gasteiger partial charge >= 0.3 is 6.03 Å². The van der Waals surface area contributed by atoms with E-state index < -0.39 is 21.7 Å². The standard InChI is InChI=1S/C18H20N4O4S2/c1-18(2,24)16-19-10-14(27-16)28(25,26)21-17(23)20-15-13-7-3-5-11(13)9-12-6-4-8-22(12)15/h4,6,8-10,24H,3,5,7H2,1-2H3,(H2,20,21,23). The van der Waals surface area contributed by atoms with Gasteiger partial charge in [0.1, 0.15) is 16.4 Å². The molecule has 2 amide bonds. The van der Waals surface area contributed by atoms with Crippen molar-refractivity contribution in [3.63, 3.8) is 0 Å². The Kier molecular flexibility index (Phi) is 4.44. The highest BCUT2D eigenvalue weighted by atomic mass is 32.2. The fourth-order valence-electron chi connectivity index (χ4n) is 3.34. The average Bonchev–Trinajstić information content (AvgIpc) is 3.33. The van der Waals surface area contributed by atoms with Crippen LogP contribution in [0.1, 0.15) is 36.4 Å². The fourth-order valence-corrected chi connectivity index (χ4v) is 5.38. The summed E-state index contributed by atoms with van der Waals surface area (Å²) in [5.74, 6) is 0.587. The molecular formula is C18H20N4O4S2. The van der Waals surface area contributed by atoms with Crippen LogP contribution in [0.4, 0.5) is 10.6 Å². The molecule has 8 nitrogen and oxygen atoms in total.